The highest BCUT2D eigenvalue weighted by molar-refractivity contribution is 5.87. The van der Waals surface area contributed by atoms with Crippen LogP contribution in [-0.2, 0) is 9.53 Å². The van der Waals surface area contributed by atoms with E-state index in [1.807, 2.05) is 0 Å². The molecule has 0 saturated carbocycles. The zero-order chi connectivity index (χ0) is 17.9. The molecule has 2 N–H and O–H groups in total. The fraction of sp³-hybridized carbons (Fsp3) is 0.235. The van der Waals surface area contributed by atoms with Gasteiger partial charge in [0.2, 0.25) is 11.2 Å². The minimum Gasteiger partial charge on any atom is -0.502 e. The van der Waals surface area contributed by atoms with Gasteiger partial charge in [0, 0.05) is 6.07 Å². The number of esters is 1. The molecule has 0 radical (unpaired) electrons. The number of hydrogen-bond donors (Lipinski definition) is 2. The van der Waals surface area contributed by atoms with Crippen molar-refractivity contribution >= 4 is 11.9 Å². The number of carbonyl (C=O) groups excluding carboxylic acids is 1. The van der Waals surface area contributed by atoms with Crippen molar-refractivity contribution in [2.75, 3.05) is 7.11 Å². The van der Waals surface area contributed by atoms with Crippen molar-refractivity contribution in [3.63, 3.8) is 0 Å². The van der Waals surface area contributed by atoms with Crippen LogP contribution in [-0.4, -0.2) is 29.3 Å². The number of aromatic hydroxyl groups is 1. The first kappa shape index (κ1) is 17.3. The summed E-state index contributed by atoms with van der Waals surface area (Å²) in [6, 6.07) is 6.87. The zero-order valence-corrected chi connectivity index (χ0v) is 13.1. The van der Waals surface area contributed by atoms with Crippen molar-refractivity contribution < 1.29 is 29.0 Å². The minimum absolute atomic E-state index is 0.0616. The van der Waals surface area contributed by atoms with Crippen LogP contribution in [0.4, 0.5) is 0 Å². The van der Waals surface area contributed by atoms with Crippen LogP contribution in [0.1, 0.15) is 39.8 Å². The Morgan fingerprint density at radius 1 is 1.25 bits per heavy atom. The quantitative estimate of drug-likeness (QED) is 0.805. The monoisotopic (exact) mass is 332 g/mol. The molecular formula is C17H16O7. The van der Waals surface area contributed by atoms with E-state index in [2.05, 4.69) is 4.74 Å². The zero-order valence-electron chi connectivity index (χ0n) is 13.1. The second-order valence-electron chi connectivity index (χ2n) is 5.19. The van der Waals surface area contributed by atoms with Crippen molar-refractivity contribution in [2.24, 2.45) is 0 Å². The van der Waals surface area contributed by atoms with Gasteiger partial charge in [0.15, 0.2) is 5.76 Å². The van der Waals surface area contributed by atoms with Gasteiger partial charge in [0.05, 0.1) is 25.0 Å². The molecule has 0 saturated heterocycles. The highest BCUT2D eigenvalue weighted by atomic mass is 16.5. The Kier molecular flexibility index (Phi) is 5.03. The lowest BCUT2D eigenvalue weighted by atomic mass is 9.91. The van der Waals surface area contributed by atoms with Gasteiger partial charge in [0.25, 0.3) is 0 Å². The molecule has 0 fully saturated rings. The van der Waals surface area contributed by atoms with Gasteiger partial charge in [-0.05, 0) is 24.6 Å². The Labute approximate surface area is 137 Å². The summed E-state index contributed by atoms with van der Waals surface area (Å²) in [6.45, 7) is 1.55. The standard InChI is InChI=1S/C17H16O7/c1-9-7-13(18)15(20)16(24-9)12(8-14(19)23-2)10-3-5-11(6-4-10)17(21)22/h3-7,12,20H,8H2,1-2H3,(H,21,22)/t12-/m0/s1. The first-order valence-corrected chi connectivity index (χ1v) is 7.07. The number of aromatic carboxylic acids is 1. The molecule has 1 heterocycles. The Morgan fingerprint density at radius 3 is 2.42 bits per heavy atom. The van der Waals surface area contributed by atoms with Gasteiger partial charge in [-0.25, -0.2) is 4.79 Å². The fourth-order valence-electron chi connectivity index (χ4n) is 2.33. The first-order valence-electron chi connectivity index (χ1n) is 7.07. The molecule has 0 unspecified atom stereocenters. The largest absolute Gasteiger partial charge is 0.502 e. The van der Waals surface area contributed by atoms with Crippen LogP contribution in [0.15, 0.2) is 39.5 Å². The number of methoxy groups -OCH3 is 1. The molecule has 1 aromatic heterocycles. The van der Waals surface area contributed by atoms with Gasteiger partial charge in [0.1, 0.15) is 5.76 Å². The van der Waals surface area contributed by atoms with Crippen LogP contribution < -0.4 is 5.43 Å². The van der Waals surface area contributed by atoms with E-state index in [0.29, 0.717) is 5.56 Å². The van der Waals surface area contributed by atoms with Crippen molar-refractivity contribution in [1.82, 2.24) is 0 Å². The maximum atomic E-state index is 11.8. The average Bonchev–Trinajstić information content (AvgIpc) is 2.56. The number of carboxylic acid groups (broad SMARTS) is 1. The second-order valence-corrected chi connectivity index (χ2v) is 5.19. The maximum absolute atomic E-state index is 11.8. The Hall–Kier alpha value is -3.09. The number of carboxylic acids is 1. The SMILES string of the molecule is COC(=O)C[C@@H](c1ccc(C(=O)O)cc1)c1oc(C)cc(=O)c1O. The lowest BCUT2D eigenvalue weighted by Gasteiger charge is -2.17. The molecule has 0 aliphatic carbocycles. The van der Waals surface area contributed by atoms with Gasteiger partial charge >= 0.3 is 11.9 Å². The summed E-state index contributed by atoms with van der Waals surface area (Å²) in [6.07, 6.45) is -0.178. The van der Waals surface area contributed by atoms with Gasteiger partial charge in [-0.15, -0.1) is 0 Å². The number of benzene rings is 1. The highest BCUT2D eigenvalue weighted by Crippen LogP contribution is 2.33. The lowest BCUT2D eigenvalue weighted by molar-refractivity contribution is -0.140. The summed E-state index contributed by atoms with van der Waals surface area (Å²) >= 11 is 0. The first-order chi connectivity index (χ1) is 11.3. The molecule has 1 atom stereocenters. The van der Waals surface area contributed by atoms with E-state index in [9.17, 15) is 19.5 Å². The topological polar surface area (TPSA) is 114 Å². The molecule has 0 amide bonds. The normalized spacial score (nSPS) is 11.8. The molecule has 0 spiro atoms. The van der Waals surface area contributed by atoms with Crippen LogP contribution >= 0.6 is 0 Å². The average molecular weight is 332 g/mol. The molecule has 0 bridgehead atoms. The van der Waals surface area contributed by atoms with Gasteiger partial charge in [-0.3, -0.25) is 9.59 Å². The van der Waals surface area contributed by atoms with Crippen LogP contribution in [0, 0.1) is 6.92 Å². The van der Waals surface area contributed by atoms with E-state index >= 15 is 0 Å². The van der Waals surface area contributed by atoms with Crippen LogP contribution in [0.3, 0.4) is 0 Å². The number of aryl methyl sites for hydroxylation is 1. The van der Waals surface area contributed by atoms with Crippen LogP contribution in [0.5, 0.6) is 5.75 Å². The molecule has 126 valence electrons. The summed E-state index contributed by atoms with van der Waals surface area (Å²) in [5, 5.41) is 19.0. The van der Waals surface area contributed by atoms with Crippen molar-refractivity contribution in [2.45, 2.75) is 19.3 Å². The van der Waals surface area contributed by atoms with Gasteiger partial charge in [-0.1, -0.05) is 12.1 Å². The molecule has 0 aliphatic rings. The molecule has 2 rings (SSSR count). The third kappa shape index (κ3) is 3.62. The molecule has 2 aromatic rings. The van der Waals surface area contributed by atoms with E-state index in [-0.39, 0.29) is 23.5 Å². The van der Waals surface area contributed by atoms with Crippen LogP contribution in [0.25, 0.3) is 0 Å². The number of ether oxygens (including phenoxy) is 1. The van der Waals surface area contributed by atoms with Crippen molar-refractivity contribution in [1.29, 1.82) is 0 Å². The number of rotatable bonds is 5. The Balaban J connectivity index is 2.55. The van der Waals surface area contributed by atoms with Gasteiger partial charge < -0.3 is 19.4 Å². The number of carbonyl (C=O) groups is 2. The fourth-order valence-corrected chi connectivity index (χ4v) is 2.33. The summed E-state index contributed by atoms with van der Waals surface area (Å²) in [5.41, 5.74) is -0.0364. The van der Waals surface area contributed by atoms with Crippen LogP contribution in [0.2, 0.25) is 0 Å². The smallest absolute Gasteiger partial charge is 0.335 e. The summed E-state index contributed by atoms with van der Waals surface area (Å²) in [7, 11) is 1.22. The van der Waals surface area contributed by atoms with E-state index in [4.69, 9.17) is 9.52 Å². The molecular weight excluding hydrogens is 316 g/mol. The third-order valence-electron chi connectivity index (χ3n) is 3.55. The molecule has 7 heteroatoms. The Morgan fingerprint density at radius 2 is 1.88 bits per heavy atom. The lowest BCUT2D eigenvalue weighted by Crippen LogP contribution is -2.13. The van der Waals surface area contributed by atoms with E-state index in [0.717, 1.165) is 6.07 Å². The molecule has 1 aromatic carbocycles. The predicted molar refractivity (Wildman–Crippen MR) is 83.3 cm³/mol. The van der Waals surface area contributed by atoms with E-state index in [1.165, 1.54) is 31.4 Å². The van der Waals surface area contributed by atoms with Crippen molar-refractivity contribution in [3.05, 3.63) is 63.2 Å². The predicted octanol–water partition coefficient (Wildman–Crippen LogP) is 2.05. The molecule has 24 heavy (non-hydrogen) atoms. The third-order valence-corrected chi connectivity index (χ3v) is 3.55. The highest BCUT2D eigenvalue weighted by Gasteiger charge is 2.26. The van der Waals surface area contributed by atoms with Gasteiger partial charge in [-0.2, -0.15) is 0 Å². The Bertz CT molecular complexity index is 818. The maximum Gasteiger partial charge on any atom is 0.335 e. The summed E-state index contributed by atoms with van der Waals surface area (Å²) in [5.74, 6) is -2.80. The van der Waals surface area contributed by atoms with E-state index < -0.39 is 29.0 Å². The van der Waals surface area contributed by atoms with E-state index in [1.54, 1.807) is 6.92 Å². The minimum atomic E-state index is -1.09. The summed E-state index contributed by atoms with van der Waals surface area (Å²) in [4.78, 5) is 34.4. The number of hydrogen-bond acceptors (Lipinski definition) is 6. The summed E-state index contributed by atoms with van der Waals surface area (Å²) < 4.78 is 10.1. The molecule has 0 aliphatic heterocycles. The molecule has 7 nitrogen and oxygen atoms in total. The second kappa shape index (κ2) is 6.99. The van der Waals surface area contributed by atoms with Crippen molar-refractivity contribution in [3.8, 4) is 5.75 Å².